The molecule has 0 aromatic carbocycles. The lowest BCUT2D eigenvalue weighted by Gasteiger charge is -2.21. The lowest BCUT2D eigenvalue weighted by molar-refractivity contribution is -0.161. The van der Waals surface area contributed by atoms with Crippen LogP contribution in [0.25, 0.3) is 0 Å². The Bertz CT molecular complexity index is 1810. The van der Waals surface area contributed by atoms with Gasteiger partial charge in [-0.2, -0.15) is 0 Å². The number of rotatable bonds is 75. The van der Waals surface area contributed by atoms with Gasteiger partial charge in [0.2, 0.25) is 0 Å². The number of phosphoric ester groups is 2. The number of phosphoric acid groups is 2. The number of carbonyl (C=O) groups is 4. The van der Waals surface area contributed by atoms with Crippen LogP contribution < -0.4 is 0 Å². The van der Waals surface area contributed by atoms with E-state index in [1.807, 2.05) is 0 Å². The molecule has 2 unspecified atom stereocenters. The van der Waals surface area contributed by atoms with Gasteiger partial charge in [0.25, 0.3) is 0 Å². The van der Waals surface area contributed by atoms with Gasteiger partial charge in [-0.3, -0.25) is 37.3 Å². The third-order valence-corrected chi connectivity index (χ3v) is 19.4. The number of aliphatic hydroxyl groups excluding tert-OH is 1. The Morgan fingerprint density at radius 2 is 0.489 bits per heavy atom. The Morgan fingerprint density at radius 1 is 0.287 bits per heavy atom. The van der Waals surface area contributed by atoms with Crippen LogP contribution in [-0.4, -0.2) is 96.7 Å². The average Bonchev–Trinajstić information content (AvgIpc) is 1.73. The Morgan fingerprint density at radius 3 is 0.723 bits per heavy atom. The van der Waals surface area contributed by atoms with Crippen molar-refractivity contribution in [3.05, 3.63) is 0 Å². The molecule has 3 N–H and O–H groups in total. The second-order valence-electron chi connectivity index (χ2n) is 27.5. The van der Waals surface area contributed by atoms with Crippen LogP contribution in [0, 0.1) is 5.92 Å². The molecule has 558 valence electrons. The molecule has 0 heterocycles. The van der Waals surface area contributed by atoms with Crippen LogP contribution in [0.4, 0.5) is 0 Å². The summed E-state index contributed by atoms with van der Waals surface area (Å²) in [5.74, 6) is -1.32. The Labute approximate surface area is 575 Å². The molecule has 0 aliphatic rings. The minimum absolute atomic E-state index is 0.106. The minimum atomic E-state index is -4.96. The Kier molecular flexibility index (Phi) is 66.8. The topological polar surface area (TPSA) is 237 Å². The third kappa shape index (κ3) is 68.6. The predicted octanol–water partition coefficient (Wildman–Crippen LogP) is 22.1. The summed E-state index contributed by atoms with van der Waals surface area (Å²) in [5, 5.41) is 10.6. The van der Waals surface area contributed by atoms with Crippen molar-refractivity contribution in [1.29, 1.82) is 0 Å². The maximum absolute atomic E-state index is 13.1. The molecule has 17 nitrogen and oxygen atoms in total. The largest absolute Gasteiger partial charge is 0.472 e. The van der Waals surface area contributed by atoms with E-state index in [2.05, 4.69) is 34.6 Å². The first kappa shape index (κ1) is 92.1. The second-order valence-corrected chi connectivity index (χ2v) is 30.4. The van der Waals surface area contributed by atoms with Crippen molar-refractivity contribution >= 4 is 39.5 Å². The van der Waals surface area contributed by atoms with Crippen LogP contribution in [0.3, 0.4) is 0 Å². The highest BCUT2D eigenvalue weighted by Crippen LogP contribution is 2.45. The van der Waals surface area contributed by atoms with Crippen LogP contribution >= 0.6 is 15.6 Å². The molecule has 0 aromatic heterocycles. The monoisotopic (exact) mass is 1380 g/mol. The number of esters is 4. The molecule has 0 radical (unpaired) electrons. The van der Waals surface area contributed by atoms with Crippen LogP contribution in [0.5, 0.6) is 0 Å². The van der Waals surface area contributed by atoms with E-state index in [-0.39, 0.29) is 25.7 Å². The first-order valence-corrected chi connectivity index (χ1v) is 42.1. The van der Waals surface area contributed by atoms with E-state index in [9.17, 15) is 43.2 Å². The van der Waals surface area contributed by atoms with Gasteiger partial charge >= 0.3 is 39.5 Å². The lowest BCUT2D eigenvalue weighted by atomic mass is 10.0. The van der Waals surface area contributed by atoms with Crippen LogP contribution in [0.2, 0.25) is 0 Å². The quantitative estimate of drug-likeness (QED) is 0.0222. The average molecular weight is 1380 g/mol. The van der Waals surface area contributed by atoms with Crippen LogP contribution in [-0.2, 0) is 65.4 Å². The number of aliphatic hydroxyl groups is 1. The number of ether oxygens (including phenoxy) is 4. The second kappa shape index (κ2) is 68.2. The van der Waals surface area contributed by atoms with Gasteiger partial charge in [0, 0.05) is 25.7 Å². The van der Waals surface area contributed by atoms with Gasteiger partial charge < -0.3 is 33.8 Å². The van der Waals surface area contributed by atoms with Gasteiger partial charge in [-0.1, -0.05) is 343 Å². The number of unbranched alkanes of at least 4 members (excludes halogenated alkanes) is 47. The van der Waals surface area contributed by atoms with Crippen LogP contribution in [0.1, 0.15) is 394 Å². The van der Waals surface area contributed by atoms with E-state index in [1.165, 1.54) is 218 Å². The Hall–Kier alpha value is -1.94. The summed E-state index contributed by atoms with van der Waals surface area (Å²) < 4.78 is 68.4. The van der Waals surface area contributed by atoms with E-state index in [0.717, 1.165) is 95.8 Å². The van der Waals surface area contributed by atoms with E-state index >= 15 is 0 Å². The first-order valence-electron chi connectivity index (χ1n) is 39.1. The fourth-order valence-electron chi connectivity index (χ4n) is 11.5. The molecule has 0 bridgehead atoms. The molecule has 0 aliphatic heterocycles. The van der Waals surface area contributed by atoms with Crippen LogP contribution in [0.15, 0.2) is 0 Å². The summed E-state index contributed by atoms with van der Waals surface area (Å²) in [6.45, 7) is 7.28. The van der Waals surface area contributed by atoms with E-state index in [1.54, 1.807) is 0 Å². The minimum Gasteiger partial charge on any atom is -0.462 e. The smallest absolute Gasteiger partial charge is 0.462 e. The molecule has 94 heavy (non-hydrogen) atoms. The molecule has 0 rings (SSSR count). The molecule has 0 saturated heterocycles. The highest BCUT2D eigenvalue weighted by molar-refractivity contribution is 7.47. The number of hydrogen-bond donors (Lipinski definition) is 3. The SMILES string of the molecule is CCCCCCCCCCCCCCCCCCCCCC(=O)O[C@H](COC(=O)CCCCCCCCCCCCCCCCC(C)C)COP(=O)(O)OC[C@@H](O)COP(=O)(O)OC[C@@H](COC(=O)CCCCCCCCCCC)OC(=O)CCCCCCCCCCC. The van der Waals surface area contributed by atoms with E-state index in [0.29, 0.717) is 25.7 Å². The molecule has 0 spiro atoms. The van der Waals surface area contributed by atoms with Crippen molar-refractivity contribution in [3.63, 3.8) is 0 Å². The summed E-state index contributed by atoms with van der Waals surface area (Å²) in [6, 6.07) is 0. The van der Waals surface area contributed by atoms with Gasteiger partial charge in [-0.25, -0.2) is 9.13 Å². The molecular weight excluding hydrogens is 1230 g/mol. The van der Waals surface area contributed by atoms with Gasteiger partial charge in [0.1, 0.15) is 19.3 Å². The third-order valence-electron chi connectivity index (χ3n) is 17.5. The van der Waals surface area contributed by atoms with E-state index in [4.69, 9.17) is 37.0 Å². The fourth-order valence-corrected chi connectivity index (χ4v) is 13.1. The first-order chi connectivity index (χ1) is 45.5. The standard InChI is InChI=1S/C75H146O17P2/c1-6-9-12-15-18-21-22-23-24-25-26-27-28-33-36-41-46-51-56-61-75(80)92-71(65-86-73(78)59-54-49-44-40-35-32-30-29-31-34-39-42-47-52-57-68(4)5)67-90-94(83,84)88-63-69(76)62-87-93(81,82)89-66-70(91-74(79)60-55-50-45-38-20-17-14-11-8-3)64-85-72(77)58-53-48-43-37-19-16-13-10-7-2/h68-71,76H,6-67H2,1-5H3,(H,81,82)(H,83,84)/t69-,70+,71+/m0/s1. The summed E-state index contributed by atoms with van der Waals surface area (Å²) in [6.07, 6.45) is 57.0. The summed E-state index contributed by atoms with van der Waals surface area (Å²) >= 11 is 0. The summed E-state index contributed by atoms with van der Waals surface area (Å²) in [5.41, 5.74) is 0. The van der Waals surface area contributed by atoms with Gasteiger partial charge in [-0.15, -0.1) is 0 Å². The van der Waals surface area contributed by atoms with Crippen molar-refractivity contribution in [1.82, 2.24) is 0 Å². The number of hydrogen-bond acceptors (Lipinski definition) is 15. The molecule has 0 amide bonds. The highest BCUT2D eigenvalue weighted by Gasteiger charge is 2.30. The molecular formula is C75H146O17P2. The summed E-state index contributed by atoms with van der Waals surface area (Å²) in [7, 11) is -9.90. The summed E-state index contributed by atoms with van der Waals surface area (Å²) in [4.78, 5) is 72.6. The number of carbonyl (C=O) groups excluding carboxylic acids is 4. The molecule has 0 saturated carbocycles. The van der Waals surface area contributed by atoms with E-state index < -0.39 is 97.5 Å². The Balaban J connectivity index is 5.18. The van der Waals surface area contributed by atoms with Crippen molar-refractivity contribution in [2.45, 2.75) is 412 Å². The van der Waals surface area contributed by atoms with Gasteiger partial charge in [0.15, 0.2) is 12.2 Å². The lowest BCUT2D eigenvalue weighted by Crippen LogP contribution is -2.30. The molecule has 0 fully saturated rings. The molecule has 19 heteroatoms. The zero-order valence-electron chi connectivity index (χ0n) is 61.1. The normalized spacial score (nSPS) is 14.0. The predicted molar refractivity (Wildman–Crippen MR) is 382 cm³/mol. The maximum Gasteiger partial charge on any atom is 0.472 e. The van der Waals surface area contributed by atoms with Gasteiger partial charge in [0.05, 0.1) is 26.4 Å². The van der Waals surface area contributed by atoms with Gasteiger partial charge in [-0.05, 0) is 31.6 Å². The van der Waals surface area contributed by atoms with Crippen molar-refractivity contribution in [3.8, 4) is 0 Å². The molecule has 0 aliphatic carbocycles. The molecule has 5 atom stereocenters. The fraction of sp³-hybridized carbons (Fsp3) is 0.947. The van der Waals surface area contributed by atoms with Crippen molar-refractivity contribution in [2.24, 2.45) is 5.92 Å². The molecule has 0 aromatic rings. The van der Waals surface area contributed by atoms with Crippen molar-refractivity contribution in [2.75, 3.05) is 39.6 Å². The zero-order chi connectivity index (χ0) is 69.1. The zero-order valence-corrected chi connectivity index (χ0v) is 62.9. The van der Waals surface area contributed by atoms with Crippen molar-refractivity contribution < 1.29 is 80.2 Å². The highest BCUT2D eigenvalue weighted by atomic mass is 31.2. The maximum atomic E-state index is 13.1.